The summed E-state index contributed by atoms with van der Waals surface area (Å²) in [4.78, 5) is 31.7. The minimum Gasteiger partial charge on any atom is -0.467 e. The summed E-state index contributed by atoms with van der Waals surface area (Å²) in [5.74, 6) is 0.893. The first kappa shape index (κ1) is 19.2. The van der Waals surface area contributed by atoms with Crippen molar-refractivity contribution in [1.29, 1.82) is 0 Å². The molecule has 0 radical (unpaired) electrons. The number of benzene rings is 1. The van der Waals surface area contributed by atoms with Crippen LogP contribution < -0.4 is 5.56 Å². The monoisotopic (exact) mass is 385 g/mol. The summed E-state index contributed by atoms with van der Waals surface area (Å²) >= 11 is 1.30. The lowest BCUT2D eigenvalue weighted by atomic mass is 10.2. The van der Waals surface area contributed by atoms with Crippen LogP contribution in [0.5, 0.6) is 0 Å². The van der Waals surface area contributed by atoms with Gasteiger partial charge in [0.2, 0.25) is 5.91 Å². The van der Waals surface area contributed by atoms with Crippen molar-refractivity contribution < 1.29 is 9.21 Å². The quantitative estimate of drug-likeness (QED) is 0.458. The van der Waals surface area contributed by atoms with E-state index in [-0.39, 0.29) is 23.3 Å². The second-order valence-electron chi connectivity index (χ2n) is 6.46. The molecule has 2 aromatic heterocycles. The lowest BCUT2D eigenvalue weighted by molar-refractivity contribution is -0.127. The van der Waals surface area contributed by atoms with Crippen molar-refractivity contribution in [3.8, 4) is 0 Å². The minimum absolute atomic E-state index is 0.00746. The Balaban J connectivity index is 1.83. The smallest absolute Gasteiger partial charge is 0.262 e. The number of amides is 1. The first-order valence-electron chi connectivity index (χ1n) is 8.91. The molecule has 0 bridgehead atoms. The van der Waals surface area contributed by atoms with Crippen LogP contribution in [0.4, 0.5) is 0 Å². The van der Waals surface area contributed by atoms with Crippen molar-refractivity contribution in [2.24, 2.45) is 0 Å². The molecule has 142 valence electrons. The van der Waals surface area contributed by atoms with E-state index in [1.54, 1.807) is 34.9 Å². The Labute approximate surface area is 162 Å². The molecule has 0 spiro atoms. The Hall–Kier alpha value is -2.54. The van der Waals surface area contributed by atoms with Gasteiger partial charge in [0.25, 0.3) is 5.56 Å². The molecular formula is C20H23N3O3S. The number of aromatic nitrogens is 2. The minimum atomic E-state index is -0.0613. The van der Waals surface area contributed by atoms with Crippen molar-refractivity contribution >= 4 is 28.6 Å². The summed E-state index contributed by atoms with van der Waals surface area (Å²) in [7, 11) is 1.74. The van der Waals surface area contributed by atoms with Gasteiger partial charge < -0.3 is 9.32 Å². The van der Waals surface area contributed by atoms with Gasteiger partial charge >= 0.3 is 0 Å². The van der Waals surface area contributed by atoms with E-state index in [0.29, 0.717) is 22.6 Å². The highest BCUT2D eigenvalue weighted by Crippen LogP contribution is 2.22. The number of fused-ring (bicyclic) bond motifs is 1. The van der Waals surface area contributed by atoms with Crippen molar-refractivity contribution in [3.05, 3.63) is 58.8 Å². The van der Waals surface area contributed by atoms with E-state index in [4.69, 9.17) is 4.42 Å². The topological polar surface area (TPSA) is 68.3 Å². The van der Waals surface area contributed by atoms with Crippen LogP contribution in [0.15, 0.2) is 57.0 Å². The highest BCUT2D eigenvalue weighted by atomic mass is 32.2. The molecular weight excluding hydrogens is 362 g/mol. The molecule has 0 saturated carbocycles. The lowest BCUT2D eigenvalue weighted by Gasteiger charge is -2.19. The number of rotatable bonds is 7. The number of para-hydroxylation sites is 1. The van der Waals surface area contributed by atoms with Crippen molar-refractivity contribution in [2.45, 2.75) is 38.0 Å². The summed E-state index contributed by atoms with van der Waals surface area (Å²) in [5, 5.41) is 1.18. The van der Waals surface area contributed by atoms with Gasteiger partial charge in [-0.25, -0.2) is 4.98 Å². The second kappa shape index (κ2) is 8.43. The molecule has 0 unspecified atom stereocenters. The summed E-state index contributed by atoms with van der Waals surface area (Å²) in [6.45, 7) is 4.44. The summed E-state index contributed by atoms with van der Waals surface area (Å²) in [5.41, 5.74) is 0.592. The third-order valence-corrected chi connectivity index (χ3v) is 5.47. The van der Waals surface area contributed by atoms with Gasteiger partial charge in [-0.2, -0.15) is 0 Å². The second-order valence-corrected chi connectivity index (χ2v) is 7.40. The first-order chi connectivity index (χ1) is 13.0. The molecule has 27 heavy (non-hydrogen) atoms. The highest BCUT2D eigenvalue weighted by Gasteiger charge is 2.18. The zero-order valence-electron chi connectivity index (χ0n) is 15.7. The van der Waals surface area contributed by atoms with E-state index in [2.05, 4.69) is 4.98 Å². The molecule has 0 aliphatic carbocycles. The van der Waals surface area contributed by atoms with Crippen LogP contribution in [0.25, 0.3) is 10.9 Å². The van der Waals surface area contributed by atoms with Gasteiger partial charge in [0.1, 0.15) is 5.76 Å². The zero-order valence-corrected chi connectivity index (χ0v) is 16.5. The Morgan fingerprint density at radius 3 is 2.78 bits per heavy atom. The van der Waals surface area contributed by atoms with E-state index < -0.39 is 0 Å². The summed E-state index contributed by atoms with van der Waals surface area (Å²) in [6.07, 6.45) is 2.39. The van der Waals surface area contributed by atoms with Gasteiger partial charge in [0.15, 0.2) is 5.16 Å². The Morgan fingerprint density at radius 2 is 2.07 bits per heavy atom. The molecule has 3 rings (SSSR count). The van der Waals surface area contributed by atoms with Crippen LogP contribution in [0, 0.1) is 0 Å². The largest absolute Gasteiger partial charge is 0.467 e. The Morgan fingerprint density at radius 1 is 1.30 bits per heavy atom. The average Bonchev–Trinajstić information content (AvgIpc) is 3.18. The van der Waals surface area contributed by atoms with E-state index in [9.17, 15) is 9.59 Å². The lowest BCUT2D eigenvalue weighted by Crippen LogP contribution is -2.29. The molecule has 1 amide bonds. The number of nitrogens with zero attached hydrogens (tertiary/aromatic N) is 3. The van der Waals surface area contributed by atoms with Gasteiger partial charge in [-0.3, -0.25) is 14.2 Å². The fourth-order valence-electron chi connectivity index (χ4n) is 2.76. The molecule has 6 nitrogen and oxygen atoms in total. The number of carbonyl (C=O) groups excluding carboxylic acids is 1. The Kier molecular flexibility index (Phi) is 6.01. The van der Waals surface area contributed by atoms with Gasteiger partial charge in [-0.05, 0) is 37.6 Å². The molecule has 0 aliphatic heterocycles. The maximum absolute atomic E-state index is 12.9. The van der Waals surface area contributed by atoms with Crippen molar-refractivity contribution in [1.82, 2.24) is 14.5 Å². The van der Waals surface area contributed by atoms with Gasteiger partial charge in [0, 0.05) is 13.1 Å². The fourth-order valence-corrected chi connectivity index (χ4v) is 3.80. The molecule has 3 aromatic rings. The van der Waals surface area contributed by atoms with Crippen LogP contribution >= 0.6 is 11.8 Å². The molecule has 0 aliphatic rings. The van der Waals surface area contributed by atoms with Crippen LogP contribution in [0.3, 0.4) is 0 Å². The summed E-state index contributed by atoms with van der Waals surface area (Å²) in [6, 6.07) is 11.0. The van der Waals surface area contributed by atoms with Gasteiger partial charge in [-0.15, -0.1) is 0 Å². The molecule has 0 N–H and O–H groups in total. The van der Waals surface area contributed by atoms with Crippen molar-refractivity contribution in [2.75, 3.05) is 12.8 Å². The fraction of sp³-hybridized carbons (Fsp3) is 0.350. The van der Waals surface area contributed by atoms with Crippen LogP contribution in [0.1, 0.15) is 32.1 Å². The molecule has 1 atom stereocenters. The number of carbonyl (C=O) groups is 1. The SMILES string of the molecule is CC[C@@H](C)n1c(SCC(=O)N(C)Cc2ccco2)nc2ccccc2c1=O. The van der Waals surface area contributed by atoms with Gasteiger partial charge in [-0.1, -0.05) is 30.8 Å². The average molecular weight is 385 g/mol. The molecule has 2 heterocycles. The normalized spacial score (nSPS) is 12.3. The van der Waals surface area contributed by atoms with Crippen LogP contribution in [0.2, 0.25) is 0 Å². The van der Waals surface area contributed by atoms with E-state index in [1.807, 2.05) is 38.1 Å². The molecule has 0 fully saturated rings. The van der Waals surface area contributed by atoms with Crippen LogP contribution in [-0.4, -0.2) is 33.2 Å². The number of hydrogen-bond donors (Lipinski definition) is 0. The summed E-state index contributed by atoms with van der Waals surface area (Å²) < 4.78 is 6.99. The maximum Gasteiger partial charge on any atom is 0.262 e. The third kappa shape index (κ3) is 4.24. The standard InChI is InChI=1S/C20H23N3O3S/c1-4-14(2)23-19(25)16-9-5-6-10-17(16)21-20(23)27-13-18(24)22(3)12-15-8-7-11-26-15/h5-11,14H,4,12-13H2,1-3H3/t14-/m1/s1. The van der Waals surface area contributed by atoms with Crippen molar-refractivity contribution in [3.63, 3.8) is 0 Å². The number of furan rings is 1. The third-order valence-electron chi connectivity index (χ3n) is 4.53. The predicted octanol–water partition coefficient (Wildman–Crippen LogP) is 3.71. The van der Waals surface area contributed by atoms with E-state index in [1.165, 1.54) is 11.8 Å². The first-order valence-corrected chi connectivity index (χ1v) is 9.90. The van der Waals surface area contributed by atoms with E-state index in [0.717, 1.165) is 12.2 Å². The molecule has 1 aromatic carbocycles. The molecule has 0 saturated heterocycles. The number of hydrogen-bond acceptors (Lipinski definition) is 5. The number of thioether (sulfide) groups is 1. The molecule has 7 heteroatoms. The van der Waals surface area contributed by atoms with Crippen LogP contribution in [-0.2, 0) is 11.3 Å². The van der Waals surface area contributed by atoms with E-state index >= 15 is 0 Å². The highest BCUT2D eigenvalue weighted by molar-refractivity contribution is 7.99. The Bertz CT molecular complexity index is 982. The van der Waals surface area contributed by atoms with Gasteiger partial charge in [0.05, 0.1) is 29.5 Å². The predicted molar refractivity (Wildman–Crippen MR) is 107 cm³/mol. The zero-order chi connectivity index (χ0) is 19.4. The maximum atomic E-state index is 12.9.